The number of anilines is 1. The third-order valence-corrected chi connectivity index (χ3v) is 2.95. The highest BCUT2D eigenvalue weighted by Gasteiger charge is 2.24. The van der Waals surface area contributed by atoms with Crippen LogP contribution in [-0.2, 0) is 4.79 Å². The first-order valence-electron chi connectivity index (χ1n) is 6.10. The largest absolute Gasteiger partial charge is 0.506 e. The maximum absolute atomic E-state index is 12.0. The molecule has 0 aliphatic heterocycles. The second kappa shape index (κ2) is 5.17. The van der Waals surface area contributed by atoms with Crippen molar-refractivity contribution < 1.29 is 14.7 Å². The standard InChI is InChI=1S/C13H17N3O3/c1-16(7-12(18)15-9-3-4-9)13(19)8-2-5-10(14)11(17)6-8/h2,5-6,9,17H,3-4,7,14H2,1H3,(H,15,18). The van der Waals surface area contributed by atoms with Crippen molar-refractivity contribution in [2.75, 3.05) is 19.3 Å². The minimum Gasteiger partial charge on any atom is -0.506 e. The monoisotopic (exact) mass is 263 g/mol. The first-order chi connectivity index (χ1) is 8.97. The van der Waals surface area contributed by atoms with E-state index in [0.717, 1.165) is 12.8 Å². The van der Waals surface area contributed by atoms with Crippen LogP contribution in [0.4, 0.5) is 5.69 Å². The number of carbonyl (C=O) groups excluding carboxylic acids is 2. The van der Waals surface area contributed by atoms with Crippen LogP contribution in [0.1, 0.15) is 23.2 Å². The van der Waals surface area contributed by atoms with Crippen molar-refractivity contribution in [2.24, 2.45) is 0 Å². The molecule has 6 nitrogen and oxygen atoms in total. The summed E-state index contributed by atoms with van der Waals surface area (Å²) in [4.78, 5) is 24.9. The maximum atomic E-state index is 12.0. The van der Waals surface area contributed by atoms with Crippen LogP contribution in [0.5, 0.6) is 5.75 Å². The van der Waals surface area contributed by atoms with Gasteiger partial charge in [-0.2, -0.15) is 0 Å². The van der Waals surface area contributed by atoms with Gasteiger partial charge in [0.25, 0.3) is 5.91 Å². The van der Waals surface area contributed by atoms with E-state index >= 15 is 0 Å². The molecule has 0 spiro atoms. The van der Waals surface area contributed by atoms with E-state index in [0.29, 0.717) is 5.56 Å². The molecule has 0 bridgehead atoms. The Bertz CT molecular complexity index is 512. The van der Waals surface area contributed by atoms with E-state index in [-0.39, 0.29) is 35.8 Å². The van der Waals surface area contributed by atoms with E-state index in [4.69, 9.17) is 5.73 Å². The van der Waals surface area contributed by atoms with Crippen LogP contribution in [0.25, 0.3) is 0 Å². The summed E-state index contributed by atoms with van der Waals surface area (Å²) in [5.74, 6) is -0.638. The van der Waals surface area contributed by atoms with Crippen LogP contribution < -0.4 is 11.1 Å². The first-order valence-corrected chi connectivity index (χ1v) is 6.10. The van der Waals surface area contributed by atoms with Crippen LogP contribution >= 0.6 is 0 Å². The number of phenols is 1. The molecule has 6 heteroatoms. The fourth-order valence-electron chi connectivity index (χ4n) is 1.69. The number of likely N-dealkylation sites (N-methyl/N-ethyl adjacent to an activating group) is 1. The molecule has 4 N–H and O–H groups in total. The Morgan fingerprint density at radius 1 is 1.47 bits per heavy atom. The van der Waals surface area contributed by atoms with Crippen LogP contribution in [0, 0.1) is 0 Å². The number of aromatic hydroxyl groups is 1. The lowest BCUT2D eigenvalue weighted by atomic mass is 10.1. The van der Waals surface area contributed by atoms with Gasteiger partial charge in [-0.05, 0) is 31.0 Å². The molecular formula is C13H17N3O3. The molecule has 0 heterocycles. The smallest absolute Gasteiger partial charge is 0.254 e. The average Bonchev–Trinajstić information content (AvgIpc) is 3.15. The van der Waals surface area contributed by atoms with Gasteiger partial charge in [0.15, 0.2) is 0 Å². The van der Waals surface area contributed by atoms with Crippen LogP contribution in [0.2, 0.25) is 0 Å². The topological polar surface area (TPSA) is 95.7 Å². The molecule has 2 amide bonds. The molecule has 19 heavy (non-hydrogen) atoms. The van der Waals surface area contributed by atoms with Crippen LogP contribution in [-0.4, -0.2) is 41.5 Å². The average molecular weight is 263 g/mol. The number of hydrogen-bond donors (Lipinski definition) is 3. The molecular weight excluding hydrogens is 246 g/mol. The van der Waals surface area contributed by atoms with Gasteiger partial charge < -0.3 is 21.1 Å². The predicted molar refractivity (Wildman–Crippen MR) is 70.6 cm³/mol. The molecule has 2 rings (SSSR count). The summed E-state index contributed by atoms with van der Waals surface area (Å²) in [5.41, 5.74) is 5.98. The number of carbonyl (C=O) groups is 2. The Hall–Kier alpha value is -2.24. The van der Waals surface area contributed by atoms with Gasteiger partial charge >= 0.3 is 0 Å². The Labute approximate surface area is 111 Å². The lowest BCUT2D eigenvalue weighted by Crippen LogP contribution is -2.39. The van der Waals surface area contributed by atoms with Crippen LogP contribution in [0.15, 0.2) is 18.2 Å². The summed E-state index contributed by atoms with van der Waals surface area (Å²) in [6.45, 7) is 0.000468. The molecule has 0 radical (unpaired) electrons. The molecule has 1 saturated carbocycles. The van der Waals surface area contributed by atoms with Crippen molar-refractivity contribution in [3.8, 4) is 5.75 Å². The summed E-state index contributed by atoms with van der Waals surface area (Å²) < 4.78 is 0. The number of nitrogen functional groups attached to an aromatic ring is 1. The highest BCUT2D eigenvalue weighted by Crippen LogP contribution is 2.21. The minimum atomic E-state index is -0.332. The third kappa shape index (κ3) is 3.37. The van der Waals surface area contributed by atoms with Gasteiger partial charge in [0, 0.05) is 18.7 Å². The van der Waals surface area contributed by atoms with Gasteiger partial charge in [0.05, 0.1) is 12.2 Å². The molecule has 0 unspecified atom stereocenters. The van der Waals surface area contributed by atoms with E-state index in [1.54, 1.807) is 7.05 Å². The third-order valence-electron chi connectivity index (χ3n) is 2.95. The van der Waals surface area contributed by atoms with Gasteiger partial charge in [-0.1, -0.05) is 0 Å². The SMILES string of the molecule is CN(CC(=O)NC1CC1)C(=O)c1ccc(N)c(O)c1. The number of benzene rings is 1. The van der Waals surface area contributed by atoms with Crippen molar-refractivity contribution >= 4 is 17.5 Å². The number of amides is 2. The van der Waals surface area contributed by atoms with Crippen LogP contribution in [0.3, 0.4) is 0 Å². The molecule has 0 atom stereocenters. The quantitative estimate of drug-likeness (QED) is 0.538. The van der Waals surface area contributed by atoms with Gasteiger partial charge in [-0.3, -0.25) is 9.59 Å². The van der Waals surface area contributed by atoms with Gasteiger partial charge in [0.2, 0.25) is 5.91 Å². The summed E-state index contributed by atoms with van der Waals surface area (Å²) in [5, 5.41) is 12.3. The number of hydrogen-bond acceptors (Lipinski definition) is 4. The van der Waals surface area contributed by atoms with Gasteiger partial charge in [-0.25, -0.2) is 0 Å². The Morgan fingerprint density at radius 3 is 2.74 bits per heavy atom. The van der Waals surface area contributed by atoms with E-state index in [2.05, 4.69) is 5.32 Å². The Morgan fingerprint density at radius 2 is 2.16 bits per heavy atom. The minimum absolute atomic E-state index is 0.000468. The van der Waals surface area contributed by atoms with E-state index in [1.165, 1.54) is 23.1 Å². The van der Waals surface area contributed by atoms with Crippen molar-refractivity contribution in [2.45, 2.75) is 18.9 Å². The summed E-state index contributed by atoms with van der Waals surface area (Å²) >= 11 is 0. The van der Waals surface area contributed by atoms with Crippen molar-refractivity contribution in [3.05, 3.63) is 23.8 Å². The normalized spacial score (nSPS) is 13.9. The Kier molecular flexibility index (Phi) is 3.59. The lowest BCUT2D eigenvalue weighted by Gasteiger charge is -2.17. The van der Waals surface area contributed by atoms with Crippen molar-refractivity contribution in [1.29, 1.82) is 0 Å². The predicted octanol–water partition coefficient (Wildman–Crippen LogP) is 0.325. The molecule has 102 valence electrons. The number of phenolic OH excluding ortho intramolecular Hbond substituents is 1. The molecule has 1 aromatic rings. The highest BCUT2D eigenvalue weighted by atomic mass is 16.3. The second-order valence-corrected chi connectivity index (χ2v) is 4.78. The fourth-order valence-corrected chi connectivity index (χ4v) is 1.69. The molecule has 1 aliphatic rings. The fraction of sp³-hybridized carbons (Fsp3) is 0.385. The molecule has 1 aliphatic carbocycles. The van der Waals surface area contributed by atoms with E-state index < -0.39 is 0 Å². The maximum Gasteiger partial charge on any atom is 0.254 e. The zero-order chi connectivity index (χ0) is 14.0. The van der Waals surface area contributed by atoms with Crippen molar-refractivity contribution in [3.63, 3.8) is 0 Å². The molecule has 1 fully saturated rings. The highest BCUT2D eigenvalue weighted by molar-refractivity contribution is 5.97. The molecule has 0 aromatic heterocycles. The van der Waals surface area contributed by atoms with Crippen molar-refractivity contribution in [1.82, 2.24) is 10.2 Å². The molecule has 1 aromatic carbocycles. The summed E-state index contributed by atoms with van der Waals surface area (Å²) in [6.07, 6.45) is 2.02. The van der Waals surface area contributed by atoms with E-state index in [9.17, 15) is 14.7 Å². The number of nitrogens with zero attached hydrogens (tertiary/aromatic N) is 1. The zero-order valence-corrected chi connectivity index (χ0v) is 10.7. The summed E-state index contributed by atoms with van der Waals surface area (Å²) in [6, 6.07) is 4.55. The Balaban J connectivity index is 1.97. The molecule has 0 saturated heterocycles. The van der Waals surface area contributed by atoms with E-state index in [1.807, 2.05) is 0 Å². The van der Waals surface area contributed by atoms with Gasteiger partial charge in [-0.15, -0.1) is 0 Å². The number of nitrogens with two attached hydrogens (primary N) is 1. The first kappa shape index (κ1) is 13.2. The lowest BCUT2D eigenvalue weighted by molar-refractivity contribution is -0.121. The second-order valence-electron chi connectivity index (χ2n) is 4.78. The number of rotatable bonds is 4. The number of nitrogens with one attached hydrogen (secondary N) is 1. The summed E-state index contributed by atoms with van der Waals surface area (Å²) in [7, 11) is 1.54. The zero-order valence-electron chi connectivity index (χ0n) is 10.7. The van der Waals surface area contributed by atoms with Gasteiger partial charge in [0.1, 0.15) is 5.75 Å².